The maximum absolute atomic E-state index is 5.33. The molecule has 3 heterocycles. The first kappa shape index (κ1) is 19.5. The van der Waals surface area contributed by atoms with E-state index in [0.717, 1.165) is 44.2 Å². The van der Waals surface area contributed by atoms with Gasteiger partial charge in [-0.05, 0) is 25.0 Å². The van der Waals surface area contributed by atoms with Gasteiger partial charge in [-0.25, -0.2) is 4.98 Å². The van der Waals surface area contributed by atoms with Gasteiger partial charge in [0.15, 0.2) is 0 Å². The molecule has 4 rings (SSSR count). The Kier molecular flexibility index (Phi) is 5.87. The van der Waals surface area contributed by atoms with Crippen molar-refractivity contribution in [1.82, 2.24) is 24.5 Å². The molecule has 0 aliphatic carbocycles. The molecule has 1 aliphatic heterocycles. The molecule has 0 radical (unpaired) electrons. The summed E-state index contributed by atoms with van der Waals surface area (Å²) < 4.78 is 7.16. The Bertz CT molecular complexity index is 1000. The number of aromatic nitrogens is 4. The van der Waals surface area contributed by atoms with E-state index in [1.165, 1.54) is 16.7 Å². The molecule has 0 bridgehead atoms. The van der Waals surface area contributed by atoms with Crippen LogP contribution in [0.2, 0.25) is 0 Å². The molecule has 1 aliphatic rings. The largest absolute Gasteiger partial charge is 0.380 e. The molecular weight excluding hydrogens is 364 g/mol. The summed E-state index contributed by atoms with van der Waals surface area (Å²) >= 11 is 0. The van der Waals surface area contributed by atoms with E-state index in [1.54, 1.807) is 13.4 Å². The lowest BCUT2D eigenvalue weighted by Crippen LogP contribution is -2.47. The van der Waals surface area contributed by atoms with Crippen LogP contribution in [0.1, 0.15) is 23.7 Å². The monoisotopic (exact) mass is 392 g/mol. The fourth-order valence-corrected chi connectivity index (χ4v) is 3.90. The van der Waals surface area contributed by atoms with Crippen molar-refractivity contribution in [2.45, 2.75) is 20.5 Å². The quantitative estimate of drug-likeness (QED) is 0.643. The molecule has 1 saturated heterocycles. The third-order valence-corrected chi connectivity index (χ3v) is 5.29. The van der Waals surface area contributed by atoms with Crippen molar-refractivity contribution >= 4 is 17.7 Å². The third kappa shape index (κ3) is 4.46. The Hall–Kier alpha value is -2.77. The zero-order chi connectivity index (χ0) is 20.2. The van der Waals surface area contributed by atoms with Crippen molar-refractivity contribution in [1.29, 1.82) is 0 Å². The molecule has 7 nitrogen and oxygen atoms in total. The molecule has 29 heavy (non-hydrogen) atoms. The van der Waals surface area contributed by atoms with E-state index in [2.05, 4.69) is 68.2 Å². The highest BCUT2D eigenvalue weighted by atomic mass is 16.5. The summed E-state index contributed by atoms with van der Waals surface area (Å²) in [7, 11) is 1.74. The zero-order valence-corrected chi connectivity index (χ0v) is 17.4. The van der Waals surface area contributed by atoms with Crippen LogP contribution >= 0.6 is 0 Å². The van der Waals surface area contributed by atoms with Gasteiger partial charge in [-0.15, -0.1) is 0 Å². The number of aryl methyl sites for hydroxylation is 1. The van der Waals surface area contributed by atoms with Gasteiger partial charge in [0, 0.05) is 51.6 Å². The molecule has 0 N–H and O–H groups in total. The summed E-state index contributed by atoms with van der Waals surface area (Å²) in [4.78, 5) is 13.6. The van der Waals surface area contributed by atoms with Crippen LogP contribution in [0, 0.1) is 6.92 Å². The maximum Gasteiger partial charge on any atom is 0.254 e. The number of methoxy groups -OCH3 is 1. The number of ether oxygens (including phenoxy) is 1. The van der Waals surface area contributed by atoms with E-state index < -0.39 is 0 Å². The van der Waals surface area contributed by atoms with E-state index in [4.69, 9.17) is 4.74 Å². The fraction of sp³-hybridized carbons (Fsp3) is 0.409. The van der Waals surface area contributed by atoms with Crippen molar-refractivity contribution in [3.8, 4) is 0 Å². The van der Waals surface area contributed by atoms with Crippen molar-refractivity contribution in [3.63, 3.8) is 0 Å². The summed E-state index contributed by atoms with van der Waals surface area (Å²) in [5, 5.41) is 4.34. The van der Waals surface area contributed by atoms with Gasteiger partial charge >= 0.3 is 0 Å². The summed E-state index contributed by atoms with van der Waals surface area (Å²) in [5.74, 6) is 1.74. The SMILES string of the molecule is COCc1ccccc1/C=C(\C)CN1CCN(c2cc(C)nc3ncnn23)CC1. The van der Waals surface area contributed by atoms with Crippen LogP contribution in [-0.2, 0) is 11.3 Å². The van der Waals surface area contributed by atoms with Crippen molar-refractivity contribution < 1.29 is 4.74 Å². The van der Waals surface area contributed by atoms with Gasteiger partial charge in [-0.1, -0.05) is 35.9 Å². The lowest BCUT2D eigenvalue weighted by Gasteiger charge is -2.36. The molecule has 0 spiro atoms. The Morgan fingerprint density at radius 1 is 1.17 bits per heavy atom. The van der Waals surface area contributed by atoms with Gasteiger partial charge in [-0.3, -0.25) is 4.90 Å². The highest BCUT2D eigenvalue weighted by Crippen LogP contribution is 2.19. The van der Waals surface area contributed by atoms with Gasteiger partial charge in [-0.2, -0.15) is 14.6 Å². The predicted molar refractivity (Wildman–Crippen MR) is 115 cm³/mol. The molecule has 0 atom stereocenters. The van der Waals surface area contributed by atoms with Gasteiger partial charge in [0.05, 0.1) is 6.61 Å². The number of hydrogen-bond acceptors (Lipinski definition) is 6. The molecule has 1 aromatic carbocycles. The second-order valence-electron chi connectivity index (χ2n) is 7.61. The number of anilines is 1. The van der Waals surface area contributed by atoms with Gasteiger partial charge in [0.1, 0.15) is 12.1 Å². The Labute approximate surface area is 171 Å². The molecule has 0 amide bonds. The van der Waals surface area contributed by atoms with E-state index in [1.807, 2.05) is 11.4 Å². The standard InChI is InChI=1S/C22H28N6O/c1-17(12-19-6-4-5-7-20(19)15-29-3)14-26-8-10-27(11-9-26)21-13-18(2)25-22-23-16-24-28(21)22/h4-7,12-13,16H,8-11,14-15H2,1-3H3/b17-12+. The molecule has 7 heteroatoms. The molecule has 2 aromatic heterocycles. The van der Waals surface area contributed by atoms with E-state index in [-0.39, 0.29) is 0 Å². The number of fused-ring (bicyclic) bond motifs is 1. The van der Waals surface area contributed by atoms with Crippen LogP contribution in [0.15, 0.2) is 42.2 Å². The topological polar surface area (TPSA) is 58.8 Å². The number of hydrogen-bond donors (Lipinski definition) is 0. The third-order valence-electron chi connectivity index (χ3n) is 5.29. The number of benzene rings is 1. The number of rotatable bonds is 6. The van der Waals surface area contributed by atoms with Crippen LogP contribution in [0.25, 0.3) is 11.9 Å². The maximum atomic E-state index is 5.33. The predicted octanol–water partition coefficient (Wildman–Crippen LogP) is 2.80. The van der Waals surface area contributed by atoms with Crippen LogP contribution in [0.5, 0.6) is 0 Å². The lowest BCUT2D eigenvalue weighted by atomic mass is 10.1. The first-order valence-corrected chi connectivity index (χ1v) is 10.0. The summed E-state index contributed by atoms with van der Waals surface area (Å²) in [6, 6.07) is 10.5. The van der Waals surface area contributed by atoms with Crippen LogP contribution < -0.4 is 4.90 Å². The lowest BCUT2D eigenvalue weighted by molar-refractivity contribution is 0.184. The Morgan fingerprint density at radius 3 is 2.76 bits per heavy atom. The molecule has 0 saturated carbocycles. The van der Waals surface area contributed by atoms with Crippen LogP contribution in [-0.4, -0.2) is 64.3 Å². The van der Waals surface area contributed by atoms with Crippen LogP contribution in [0.3, 0.4) is 0 Å². The van der Waals surface area contributed by atoms with Crippen molar-refractivity contribution in [3.05, 3.63) is 59.1 Å². The van der Waals surface area contributed by atoms with E-state index in [0.29, 0.717) is 12.4 Å². The minimum absolute atomic E-state index is 0.640. The van der Waals surface area contributed by atoms with Crippen molar-refractivity contribution in [2.75, 3.05) is 44.7 Å². The average Bonchev–Trinajstić information content (AvgIpc) is 3.18. The molecule has 3 aromatic rings. The summed E-state index contributed by atoms with van der Waals surface area (Å²) in [5.41, 5.74) is 4.80. The normalized spacial score (nSPS) is 16.0. The zero-order valence-electron chi connectivity index (χ0n) is 17.4. The minimum Gasteiger partial charge on any atom is -0.380 e. The summed E-state index contributed by atoms with van der Waals surface area (Å²) in [6.45, 7) is 9.79. The van der Waals surface area contributed by atoms with Gasteiger partial charge in [0.25, 0.3) is 5.78 Å². The molecule has 0 unspecified atom stereocenters. The number of nitrogens with zero attached hydrogens (tertiary/aromatic N) is 6. The Balaban J connectivity index is 1.40. The smallest absolute Gasteiger partial charge is 0.254 e. The van der Waals surface area contributed by atoms with Crippen molar-refractivity contribution in [2.24, 2.45) is 0 Å². The molecule has 152 valence electrons. The highest BCUT2D eigenvalue weighted by molar-refractivity contribution is 5.56. The van der Waals surface area contributed by atoms with Gasteiger partial charge in [0.2, 0.25) is 0 Å². The second kappa shape index (κ2) is 8.71. The summed E-state index contributed by atoms with van der Waals surface area (Å²) in [6.07, 6.45) is 3.85. The first-order chi connectivity index (χ1) is 14.1. The Morgan fingerprint density at radius 2 is 1.97 bits per heavy atom. The average molecular weight is 393 g/mol. The van der Waals surface area contributed by atoms with Gasteiger partial charge < -0.3 is 9.64 Å². The molecular formula is C22H28N6O. The first-order valence-electron chi connectivity index (χ1n) is 10.0. The fourth-order valence-electron chi connectivity index (χ4n) is 3.90. The van der Waals surface area contributed by atoms with E-state index >= 15 is 0 Å². The van der Waals surface area contributed by atoms with Crippen LogP contribution in [0.4, 0.5) is 5.82 Å². The minimum atomic E-state index is 0.640. The molecule has 1 fully saturated rings. The number of piperazine rings is 1. The van der Waals surface area contributed by atoms with E-state index in [9.17, 15) is 0 Å². The second-order valence-corrected chi connectivity index (χ2v) is 7.61. The highest BCUT2D eigenvalue weighted by Gasteiger charge is 2.20.